The second-order valence-electron chi connectivity index (χ2n) is 3.15. The number of carbonyl (C=O) groups is 1. The third kappa shape index (κ3) is 3.19. The van der Waals surface area contributed by atoms with Gasteiger partial charge in [-0.1, -0.05) is 0 Å². The average molecular weight is 252 g/mol. The number of thioether (sulfide) groups is 1. The van der Waals surface area contributed by atoms with Crippen LogP contribution in [0.1, 0.15) is 12.5 Å². The Kier molecular flexibility index (Phi) is 4.06. The molecule has 0 aliphatic carbocycles. The number of benzene rings is 1. The molecule has 1 aromatic rings. The molecule has 88 valence electrons. The Bertz CT molecular complexity index is 510. The lowest BCUT2D eigenvalue weighted by atomic mass is 10.2. The molecule has 1 rings (SSSR count). The maximum Gasteiger partial charge on any atom is 0.316 e. The van der Waals surface area contributed by atoms with Gasteiger partial charge < -0.3 is 5.11 Å². The molecule has 0 saturated carbocycles. The van der Waals surface area contributed by atoms with Gasteiger partial charge in [-0.25, -0.2) is 0 Å². The summed E-state index contributed by atoms with van der Waals surface area (Å²) < 4.78 is 0. The molecule has 0 bridgehead atoms. The Morgan fingerprint density at radius 3 is 2.76 bits per heavy atom. The predicted molar refractivity (Wildman–Crippen MR) is 60.8 cm³/mol. The van der Waals surface area contributed by atoms with E-state index >= 15 is 0 Å². The molecule has 0 spiro atoms. The van der Waals surface area contributed by atoms with E-state index in [0.717, 1.165) is 11.8 Å². The van der Waals surface area contributed by atoms with Gasteiger partial charge in [-0.05, 0) is 19.1 Å². The molecule has 0 aromatic heterocycles. The van der Waals surface area contributed by atoms with Crippen LogP contribution in [0.4, 0.5) is 5.69 Å². The van der Waals surface area contributed by atoms with Gasteiger partial charge in [0.1, 0.15) is 5.25 Å². The molecule has 0 aliphatic rings. The summed E-state index contributed by atoms with van der Waals surface area (Å²) in [6.07, 6.45) is 0. The van der Waals surface area contributed by atoms with Crippen LogP contribution < -0.4 is 0 Å². The number of carboxylic acid groups (broad SMARTS) is 1. The van der Waals surface area contributed by atoms with Crippen molar-refractivity contribution in [2.24, 2.45) is 0 Å². The first-order valence-electron chi connectivity index (χ1n) is 4.53. The van der Waals surface area contributed by atoms with Crippen molar-refractivity contribution in [3.05, 3.63) is 33.9 Å². The molecule has 1 N–H and O–H groups in total. The van der Waals surface area contributed by atoms with Gasteiger partial charge in [0.2, 0.25) is 0 Å². The largest absolute Gasteiger partial charge is 0.480 e. The van der Waals surface area contributed by atoms with Gasteiger partial charge in [-0.15, -0.1) is 11.8 Å². The van der Waals surface area contributed by atoms with Crippen molar-refractivity contribution in [1.29, 1.82) is 5.26 Å². The Balaban J connectivity index is 3.14. The fourth-order valence-corrected chi connectivity index (χ4v) is 2.01. The van der Waals surface area contributed by atoms with Crippen LogP contribution in [0.25, 0.3) is 0 Å². The highest BCUT2D eigenvalue weighted by Crippen LogP contribution is 2.32. The van der Waals surface area contributed by atoms with E-state index < -0.39 is 16.1 Å². The zero-order chi connectivity index (χ0) is 13.0. The fourth-order valence-electron chi connectivity index (χ4n) is 1.07. The van der Waals surface area contributed by atoms with Gasteiger partial charge in [-0.2, -0.15) is 5.26 Å². The first kappa shape index (κ1) is 13.0. The first-order valence-corrected chi connectivity index (χ1v) is 5.41. The molecule has 0 heterocycles. The standard InChI is InChI=1S/C10H8N2O4S/c1-6(10(13)14)17-9-4-7(5-11)2-3-8(9)12(15)16/h2-4,6H,1H3,(H,13,14). The van der Waals surface area contributed by atoms with E-state index in [0.29, 0.717) is 0 Å². The summed E-state index contributed by atoms with van der Waals surface area (Å²) in [6, 6.07) is 5.71. The summed E-state index contributed by atoms with van der Waals surface area (Å²) in [6.45, 7) is 1.43. The molecule has 0 amide bonds. The maximum absolute atomic E-state index is 10.7. The quantitative estimate of drug-likeness (QED) is 0.499. The summed E-state index contributed by atoms with van der Waals surface area (Å²) in [4.78, 5) is 21.0. The van der Waals surface area contributed by atoms with Crippen LogP contribution in [0.3, 0.4) is 0 Å². The minimum absolute atomic E-state index is 0.184. The SMILES string of the molecule is CC(Sc1cc(C#N)ccc1[N+](=O)[O-])C(=O)O. The lowest BCUT2D eigenvalue weighted by Gasteiger charge is -2.06. The Labute approximate surface area is 101 Å². The lowest BCUT2D eigenvalue weighted by Crippen LogP contribution is -2.11. The van der Waals surface area contributed by atoms with Crippen LogP contribution in [0.5, 0.6) is 0 Å². The van der Waals surface area contributed by atoms with Crippen molar-refractivity contribution in [1.82, 2.24) is 0 Å². The van der Waals surface area contributed by atoms with Crippen LogP contribution in [-0.4, -0.2) is 21.2 Å². The molecule has 0 saturated heterocycles. The van der Waals surface area contributed by atoms with Crippen LogP contribution >= 0.6 is 11.8 Å². The van der Waals surface area contributed by atoms with Gasteiger partial charge in [0.25, 0.3) is 5.69 Å². The van der Waals surface area contributed by atoms with Gasteiger partial charge in [-0.3, -0.25) is 14.9 Å². The number of carboxylic acids is 1. The zero-order valence-electron chi connectivity index (χ0n) is 8.78. The molecule has 0 aliphatic heterocycles. The Morgan fingerprint density at radius 1 is 1.65 bits per heavy atom. The molecular formula is C10H8N2O4S. The normalized spacial score (nSPS) is 11.5. The van der Waals surface area contributed by atoms with Gasteiger partial charge in [0, 0.05) is 6.07 Å². The molecule has 7 heteroatoms. The van der Waals surface area contributed by atoms with E-state index in [1.807, 2.05) is 6.07 Å². The number of hydrogen-bond acceptors (Lipinski definition) is 5. The summed E-state index contributed by atoms with van der Waals surface area (Å²) >= 11 is 0.844. The Hall–Kier alpha value is -2.07. The van der Waals surface area contributed by atoms with Gasteiger partial charge in [0.05, 0.1) is 21.5 Å². The smallest absolute Gasteiger partial charge is 0.316 e. The highest BCUT2D eigenvalue weighted by Gasteiger charge is 2.20. The maximum atomic E-state index is 10.7. The zero-order valence-corrected chi connectivity index (χ0v) is 9.60. The summed E-state index contributed by atoms with van der Waals surface area (Å²) in [5.74, 6) is -1.06. The van der Waals surface area contributed by atoms with Crippen molar-refractivity contribution in [3.8, 4) is 6.07 Å². The second kappa shape index (κ2) is 5.32. The van der Waals surface area contributed by atoms with Gasteiger partial charge in [0.15, 0.2) is 0 Å². The summed E-state index contributed by atoms with van der Waals surface area (Å²) in [5, 5.41) is 27.4. The number of aliphatic carboxylic acids is 1. The van der Waals surface area contributed by atoms with Crippen molar-refractivity contribution in [3.63, 3.8) is 0 Å². The number of nitro benzene ring substituents is 1. The number of nitriles is 1. The van der Waals surface area contributed by atoms with E-state index in [1.54, 1.807) is 0 Å². The third-order valence-electron chi connectivity index (χ3n) is 1.94. The molecule has 0 radical (unpaired) electrons. The third-order valence-corrected chi connectivity index (χ3v) is 3.07. The summed E-state index contributed by atoms with van der Waals surface area (Å²) in [5.41, 5.74) is 0.0674. The molecule has 1 atom stereocenters. The highest BCUT2D eigenvalue weighted by molar-refractivity contribution is 8.00. The molecular weight excluding hydrogens is 244 g/mol. The van der Waals surface area contributed by atoms with Crippen molar-refractivity contribution < 1.29 is 14.8 Å². The van der Waals surface area contributed by atoms with E-state index in [2.05, 4.69) is 0 Å². The van der Waals surface area contributed by atoms with Crippen LogP contribution in [0.15, 0.2) is 23.1 Å². The van der Waals surface area contributed by atoms with Crippen molar-refractivity contribution >= 4 is 23.4 Å². The number of hydrogen-bond donors (Lipinski definition) is 1. The number of nitro groups is 1. The van der Waals surface area contributed by atoms with Crippen molar-refractivity contribution in [2.75, 3.05) is 0 Å². The summed E-state index contributed by atoms with van der Waals surface area (Å²) in [7, 11) is 0. The highest BCUT2D eigenvalue weighted by atomic mass is 32.2. The topological polar surface area (TPSA) is 104 Å². The molecule has 17 heavy (non-hydrogen) atoms. The monoisotopic (exact) mass is 252 g/mol. The van der Waals surface area contributed by atoms with Gasteiger partial charge >= 0.3 is 5.97 Å². The van der Waals surface area contributed by atoms with Crippen LogP contribution in [0.2, 0.25) is 0 Å². The average Bonchev–Trinajstić information content (AvgIpc) is 2.28. The fraction of sp³-hybridized carbons (Fsp3) is 0.200. The van der Waals surface area contributed by atoms with E-state index in [9.17, 15) is 14.9 Å². The molecule has 0 fully saturated rings. The van der Waals surface area contributed by atoms with E-state index in [-0.39, 0.29) is 16.1 Å². The minimum Gasteiger partial charge on any atom is -0.480 e. The Morgan fingerprint density at radius 2 is 2.29 bits per heavy atom. The second-order valence-corrected chi connectivity index (χ2v) is 4.53. The number of rotatable bonds is 4. The minimum atomic E-state index is -1.06. The molecule has 6 nitrogen and oxygen atoms in total. The lowest BCUT2D eigenvalue weighted by molar-refractivity contribution is -0.387. The predicted octanol–water partition coefficient (Wildman–Crippen LogP) is 2.03. The van der Waals surface area contributed by atoms with E-state index in [1.165, 1.54) is 25.1 Å². The van der Waals surface area contributed by atoms with E-state index in [4.69, 9.17) is 10.4 Å². The van der Waals surface area contributed by atoms with Crippen LogP contribution in [-0.2, 0) is 4.79 Å². The first-order chi connectivity index (χ1) is 7.95. The molecule has 1 aromatic carbocycles. The number of nitrogens with zero attached hydrogens (tertiary/aromatic N) is 2. The van der Waals surface area contributed by atoms with Crippen molar-refractivity contribution in [2.45, 2.75) is 17.1 Å². The molecule has 1 unspecified atom stereocenters. The van der Waals surface area contributed by atoms with Crippen LogP contribution in [0, 0.1) is 21.4 Å².